The van der Waals surface area contributed by atoms with Gasteiger partial charge in [0.25, 0.3) is 5.91 Å². The Labute approximate surface area is 175 Å². The van der Waals surface area contributed by atoms with E-state index in [2.05, 4.69) is 4.98 Å². The van der Waals surface area contributed by atoms with Crippen LogP contribution in [-0.2, 0) is 24.8 Å². The molecular weight excluding hydrogens is 385 g/mol. The predicted molar refractivity (Wildman–Crippen MR) is 111 cm³/mol. The Morgan fingerprint density at radius 2 is 1.97 bits per heavy atom. The van der Waals surface area contributed by atoms with Gasteiger partial charge in [0.2, 0.25) is 5.75 Å². The van der Waals surface area contributed by atoms with E-state index in [0.29, 0.717) is 30.8 Å². The van der Waals surface area contributed by atoms with Crippen molar-refractivity contribution in [2.45, 2.75) is 70.4 Å². The average molecular weight is 413 g/mol. The maximum atomic E-state index is 14.1. The second-order valence-electron chi connectivity index (χ2n) is 8.73. The highest BCUT2D eigenvalue weighted by atomic mass is 19.1. The van der Waals surface area contributed by atoms with Crippen molar-refractivity contribution in [3.8, 4) is 5.75 Å². The summed E-state index contributed by atoms with van der Waals surface area (Å²) in [6, 6.07) is 5.24. The van der Waals surface area contributed by atoms with E-state index in [0.717, 1.165) is 31.2 Å². The Bertz CT molecular complexity index is 1060. The molecule has 0 saturated heterocycles. The van der Waals surface area contributed by atoms with Crippen LogP contribution >= 0.6 is 0 Å². The van der Waals surface area contributed by atoms with Crippen LogP contribution in [0.15, 0.2) is 23.0 Å². The molecule has 1 N–H and O–H groups in total. The molecule has 0 radical (unpaired) electrons. The first-order chi connectivity index (χ1) is 14.3. The number of amides is 1. The highest BCUT2D eigenvalue weighted by Crippen LogP contribution is 2.44. The quantitative estimate of drug-likeness (QED) is 0.835. The van der Waals surface area contributed by atoms with Crippen molar-refractivity contribution in [2.24, 2.45) is 0 Å². The number of aromatic nitrogens is 2. The summed E-state index contributed by atoms with van der Waals surface area (Å²) in [5, 5.41) is 10.3. The third-order valence-corrected chi connectivity index (χ3v) is 6.97. The van der Waals surface area contributed by atoms with Gasteiger partial charge >= 0.3 is 5.56 Å². The number of likely N-dealkylation sites (N-methyl/N-ethyl adjacent to an activating group) is 1. The molecule has 4 rings (SSSR count). The van der Waals surface area contributed by atoms with Gasteiger partial charge < -0.3 is 14.6 Å². The van der Waals surface area contributed by atoms with Crippen LogP contribution in [0.25, 0.3) is 0 Å². The van der Waals surface area contributed by atoms with Crippen LogP contribution < -0.4 is 5.56 Å². The third kappa shape index (κ3) is 3.20. The Balaban J connectivity index is 1.84. The molecule has 0 unspecified atom stereocenters. The van der Waals surface area contributed by atoms with Gasteiger partial charge in [-0.05, 0) is 43.4 Å². The van der Waals surface area contributed by atoms with E-state index in [-0.39, 0.29) is 28.9 Å². The number of aryl methyl sites for hydroxylation is 1. The van der Waals surface area contributed by atoms with Crippen molar-refractivity contribution in [1.82, 2.24) is 14.5 Å². The lowest BCUT2D eigenvalue weighted by Gasteiger charge is -2.36. The Morgan fingerprint density at radius 1 is 1.27 bits per heavy atom. The smallest absolute Gasteiger partial charge is 0.315 e. The van der Waals surface area contributed by atoms with Crippen molar-refractivity contribution in [3.05, 3.63) is 57.0 Å². The van der Waals surface area contributed by atoms with E-state index in [9.17, 15) is 19.1 Å². The molecule has 30 heavy (non-hydrogen) atoms. The van der Waals surface area contributed by atoms with Crippen molar-refractivity contribution in [3.63, 3.8) is 0 Å². The van der Waals surface area contributed by atoms with Gasteiger partial charge in [-0.25, -0.2) is 4.39 Å². The number of benzene rings is 1. The fraction of sp³-hybridized carbons (Fsp3) is 0.522. The van der Waals surface area contributed by atoms with Gasteiger partial charge in [-0.2, -0.15) is 4.98 Å². The molecule has 2 aliphatic rings. The summed E-state index contributed by atoms with van der Waals surface area (Å²) in [7, 11) is 1.67. The summed E-state index contributed by atoms with van der Waals surface area (Å²) in [5.74, 6) is -0.640. The number of nitrogens with zero attached hydrogens (tertiary/aromatic N) is 3. The number of carbonyl (C=O) groups excluding carboxylic acids is 1. The molecule has 1 aliphatic heterocycles. The molecule has 1 fully saturated rings. The Morgan fingerprint density at radius 3 is 2.63 bits per heavy atom. The van der Waals surface area contributed by atoms with E-state index in [1.807, 2.05) is 26.0 Å². The van der Waals surface area contributed by atoms with Crippen LogP contribution in [-0.4, -0.2) is 38.6 Å². The fourth-order valence-corrected chi connectivity index (χ4v) is 4.99. The molecule has 1 aromatic carbocycles. The van der Waals surface area contributed by atoms with E-state index >= 15 is 0 Å². The molecular formula is C23H28FN3O3. The second kappa shape index (κ2) is 7.52. The number of fused-ring (bicyclic) bond motifs is 1. The zero-order chi connectivity index (χ0) is 21.6. The average Bonchev–Trinajstić information content (AvgIpc) is 3.20. The fourth-order valence-electron chi connectivity index (χ4n) is 4.99. The molecule has 0 bridgehead atoms. The lowest BCUT2D eigenvalue weighted by Crippen LogP contribution is -2.47. The number of halogens is 1. The van der Waals surface area contributed by atoms with Gasteiger partial charge in [-0.15, -0.1) is 0 Å². The van der Waals surface area contributed by atoms with E-state index < -0.39 is 11.3 Å². The number of hydrogen-bond donors (Lipinski definition) is 1. The first-order valence-corrected chi connectivity index (χ1v) is 10.7. The van der Waals surface area contributed by atoms with Gasteiger partial charge in [0.1, 0.15) is 11.6 Å². The standard InChI is InChI=1S/C23H28FN3O3/c1-4-15-11-16(7-8-17(15)24)23(9-5-6-10-23)12-18-25-21(29)20(28)19-22(30)26(3)14(2)13-27(18)19/h7-8,11,14,28H,4-6,9-10,12-13H2,1-3H3/t14-/m0/s1. The molecule has 1 aliphatic carbocycles. The minimum atomic E-state index is -0.769. The van der Waals surface area contributed by atoms with Gasteiger partial charge in [0.05, 0.1) is 0 Å². The Kier molecular flexibility index (Phi) is 5.16. The summed E-state index contributed by atoms with van der Waals surface area (Å²) in [6.45, 7) is 4.33. The van der Waals surface area contributed by atoms with Crippen LogP contribution in [0.2, 0.25) is 0 Å². The van der Waals surface area contributed by atoms with Gasteiger partial charge in [-0.3, -0.25) is 9.59 Å². The first kappa shape index (κ1) is 20.6. The third-order valence-electron chi connectivity index (χ3n) is 6.97. The number of aromatic hydroxyl groups is 1. The van der Waals surface area contributed by atoms with Crippen molar-refractivity contribution in [2.75, 3.05) is 7.05 Å². The molecule has 0 spiro atoms. The lowest BCUT2D eigenvalue weighted by atomic mass is 9.75. The van der Waals surface area contributed by atoms with Crippen molar-refractivity contribution < 1.29 is 14.3 Å². The first-order valence-electron chi connectivity index (χ1n) is 10.7. The molecule has 160 valence electrons. The molecule has 7 heteroatoms. The van der Waals surface area contributed by atoms with Crippen molar-refractivity contribution >= 4 is 5.91 Å². The SMILES string of the molecule is CCc1cc(C2(Cc3nc(=O)c(O)c4n3C[C@H](C)N(C)C4=O)CCCC2)ccc1F. The largest absolute Gasteiger partial charge is 0.501 e. The minimum Gasteiger partial charge on any atom is -0.501 e. The molecule has 2 aromatic rings. The number of hydrogen-bond acceptors (Lipinski definition) is 4. The van der Waals surface area contributed by atoms with E-state index in [1.165, 1.54) is 11.0 Å². The highest BCUT2D eigenvalue weighted by Gasteiger charge is 2.40. The van der Waals surface area contributed by atoms with E-state index in [4.69, 9.17) is 0 Å². The van der Waals surface area contributed by atoms with Gasteiger partial charge in [0.15, 0.2) is 5.69 Å². The van der Waals surface area contributed by atoms with Crippen LogP contribution in [0.4, 0.5) is 4.39 Å². The normalized spacial score (nSPS) is 20.5. The summed E-state index contributed by atoms with van der Waals surface area (Å²) >= 11 is 0. The van der Waals surface area contributed by atoms with E-state index in [1.54, 1.807) is 11.6 Å². The van der Waals surface area contributed by atoms with Gasteiger partial charge in [0, 0.05) is 31.5 Å². The number of carbonyl (C=O) groups is 1. The zero-order valence-electron chi connectivity index (χ0n) is 17.7. The number of rotatable bonds is 4. The second-order valence-corrected chi connectivity index (χ2v) is 8.73. The molecule has 1 saturated carbocycles. The highest BCUT2D eigenvalue weighted by molar-refractivity contribution is 5.95. The summed E-state index contributed by atoms with van der Waals surface area (Å²) in [5.41, 5.74) is 0.732. The molecule has 1 aromatic heterocycles. The van der Waals surface area contributed by atoms with Crippen molar-refractivity contribution in [1.29, 1.82) is 0 Å². The van der Waals surface area contributed by atoms with Crippen LogP contribution in [0.1, 0.15) is 67.0 Å². The predicted octanol–water partition coefficient (Wildman–Crippen LogP) is 3.18. The van der Waals surface area contributed by atoms with Crippen LogP contribution in [0.5, 0.6) is 5.75 Å². The maximum Gasteiger partial charge on any atom is 0.315 e. The summed E-state index contributed by atoms with van der Waals surface area (Å²) < 4.78 is 15.8. The van der Waals surface area contributed by atoms with Crippen LogP contribution in [0, 0.1) is 5.82 Å². The molecule has 1 atom stereocenters. The lowest BCUT2D eigenvalue weighted by molar-refractivity contribution is 0.0660. The molecule has 1 amide bonds. The van der Waals surface area contributed by atoms with Gasteiger partial charge in [-0.1, -0.05) is 31.9 Å². The summed E-state index contributed by atoms with van der Waals surface area (Å²) in [4.78, 5) is 30.9. The Hall–Kier alpha value is -2.70. The zero-order valence-corrected chi connectivity index (χ0v) is 17.7. The molecule has 2 heterocycles. The maximum absolute atomic E-state index is 14.1. The van der Waals surface area contributed by atoms with Crippen LogP contribution in [0.3, 0.4) is 0 Å². The topological polar surface area (TPSA) is 75.4 Å². The molecule has 6 nitrogen and oxygen atoms in total. The minimum absolute atomic E-state index is 0.0205. The summed E-state index contributed by atoms with van der Waals surface area (Å²) in [6.07, 6.45) is 5.02. The monoisotopic (exact) mass is 413 g/mol.